The van der Waals surface area contributed by atoms with E-state index in [-0.39, 0.29) is 6.61 Å². The molecule has 39 heavy (non-hydrogen) atoms. The van der Waals surface area contributed by atoms with Gasteiger partial charge in [0.05, 0.1) is 26.6 Å². The molecule has 0 spiro atoms. The first-order valence-corrected chi connectivity index (χ1v) is 14.4. The molecule has 0 saturated carbocycles. The molecule has 0 aliphatic heterocycles. The van der Waals surface area contributed by atoms with Gasteiger partial charge in [0.1, 0.15) is 24.0 Å². The SMILES string of the molecule is CC(C)(C)OC(=O)N[C@@H](COCc1ccccc1)C(=O)N/N=C\c1cc(I)c(OCc2ccccc2)c(I)c1. The molecule has 10 heteroatoms. The molecule has 1 atom stereocenters. The van der Waals surface area contributed by atoms with Crippen molar-refractivity contribution < 1.29 is 23.8 Å². The van der Waals surface area contributed by atoms with Gasteiger partial charge in [0, 0.05) is 0 Å². The Hall–Kier alpha value is -2.71. The topological polar surface area (TPSA) is 98.2 Å². The van der Waals surface area contributed by atoms with Gasteiger partial charge in [-0.05, 0) is 94.8 Å². The summed E-state index contributed by atoms with van der Waals surface area (Å²) < 4.78 is 18.9. The number of hydrogen-bond donors (Lipinski definition) is 2. The summed E-state index contributed by atoms with van der Waals surface area (Å²) in [5.74, 6) is 0.260. The Labute approximate surface area is 256 Å². The maximum atomic E-state index is 12.9. The van der Waals surface area contributed by atoms with Crippen LogP contribution in [-0.2, 0) is 27.5 Å². The van der Waals surface area contributed by atoms with Gasteiger partial charge in [0.25, 0.3) is 5.91 Å². The third-order valence-corrected chi connectivity index (χ3v) is 6.64. The normalized spacial score (nSPS) is 12.1. The van der Waals surface area contributed by atoms with Crippen LogP contribution in [0.3, 0.4) is 0 Å². The molecule has 0 unspecified atom stereocenters. The highest BCUT2D eigenvalue weighted by molar-refractivity contribution is 14.1. The Bertz CT molecular complexity index is 1240. The van der Waals surface area contributed by atoms with Crippen molar-refractivity contribution in [2.75, 3.05) is 6.61 Å². The summed E-state index contributed by atoms with van der Waals surface area (Å²) in [7, 11) is 0. The molecule has 3 aromatic rings. The third-order valence-electron chi connectivity index (χ3n) is 5.04. The summed E-state index contributed by atoms with van der Waals surface area (Å²) in [6.45, 7) is 5.95. The number of benzene rings is 3. The Morgan fingerprint density at radius 3 is 2.05 bits per heavy atom. The van der Waals surface area contributed by atoms with Gasteiger partial charge in [-0.25, -0.2) is 10.2 Å². The van der Waals surface area contributed by atoms with Crippen LogP contribution in [0.5, 0.6) is 5.75 Å². The quantitative estimate of drug-likeness (QED) is 0.142. The molecule has 2 N–H and O–H groups in total. The number of amides is 2. The predicted octanol–water partition coefficient (Wildman–Crippen LogP) is 6.04. The number of hydrazone groups is 1. The number of halogens is 2. The molecule has 0 fully saturated rings. The van der Waals surface area contributed by atoms with E-state index in [1.807, 2.05) is 72.8 Å². The molecular weight excluding hydrogens is 724 g/mol. The van der Waals surface area contributed by atoms with Crippen LogP contribution in [0.4, 0.5) is 4.79 Å². The summed E-state index contributed by atoms with van der Waals surface area (Å²) in [5.41, 5.74) is 4.60. The zero-order valence-corrected chi connectivity index (χ0v) is 26.3. The molecule has 206 valence electrons. The number of rotatable bonds is 11. The smallest absolute Gasteiger partial charge is 0.408 e. The number of hydrogen-bond acceptors (Lipinski definition) is 6. The minimum Gasteiger partial charge on any atom is -0.487 e. The standard InChI is InChI=1S/C29H31I2N3O5/c1-29(2,3)39-28(36)33-25(19-37-17-20-10-6-4-7-11-20)27(35)34-32-16-22-14-23(30)26(24(31)15-22)38-18-21-12-8-5-9-13-21/h4-16,25H,17-19H2,1-3H3,(H,33,36)(H,34,35)/b32-16-/t25-/m0/s1. The average molecular weight is 755 g/mol. The second-order valence-electron chi connectivity index (χ2n) is 9.52. The van der Waals surface area contributed by atoms with E-state index < -0.39 is 23.6 Å². The summed E-state index contributed by atoms with van der Waals surface area (Å²) >= 11 is 4.43. The van der Waals surface area contributed by atoms with Crippen LogP contribution < -0.4 is 15.5 Å². The third kappa shape index (κ3) is 11.1. The first kappa shape index (κ1) is 30.8. The number of alkyl carbamates (subject to hydrolysis) is 1. The van der Waals surface area contributed by atoms with Gasteiger partial charge in [0.2, 0.25) is 0 Å². The van der Waals surface area contributed by atoms with E-state index in [4.69, 9.17) is 14.2 Å². The number of carbonyl (C=O) groups excluding carboxylic acids is 2. The maximum absolute atomic E-state index is 12.9. The molecule has 8 nitrogen and oxygen atoms in total. The molecule has 2 amide bonds. The molecule has 0 aliphatic carbocycles. The van der Waals surface area contributed by atoms with Gasteiger partial charge in [-0.15, -0.1) is 0 Å². The molecule has 0 bridgehead atoms. The molecule has 0 saturated heterocycles. The van der Waals surface area contributed by atoms with Crippen molar-refractivity contribution in [3.63, 3.8) is 0 Å². The van der Waals surface area contributed by atoms with Crippen molar-refractivity contribution in [1.29, 1.82) is 0 Å². The predicted molar refractivity (Wildman–Crippen MR) is 168 cm³/mol. The second-order valence-corrected chi connectivity index (χ2v) is 11.8. The maximum Gasteiger partial charge on any atom is 0.408 e. The van der Waals surface area contributed by atoms with Crippen molar-refractivity contribution in [2.45, 2.75) is 45.6 Å². The van der Waals surface area contributed by atoms with Crippen molar-refractivity contribution in [2.24, 2.45) is 5.10 Å². The van der Waals surface area contributed by atoms with Crippen molar-refractivity contribution in [3.05, 3.63) is 96.6 Å². The zero-order valence-electron chi connectivity index (χ0n) is 21.9. The van der Waals surface area contributed by atoms with Gasteiger partial charge in [-0.3, -0.25) is 4.79 Å². The molecule has 3 aromatic carbocycles. The Morgan fingerprint density at radius 1 is 0.923 bits per heavy atom. The molecule has 0 heterocycles. The minimum absolute atomic E-state index is 0.0568. The highest BCUT2D eigenvalue weighted by Gasteiger charge is 2.24. The highest BCUT2D eigenvalue weighted by Crippen LogP contribution is 2.29. The number of ether oxygens (including phenoxy) is 3. The molecule has 0 radical (unpaired) electrons. The monoisotopic (exact) mass is 755 g/mol. The Kier molecular flexibility index (Phi) is 12.0. The fourth-order valence-corrected chi connectivity index (χ4v) is 5.40. The van der Waals surface area contributed by atoms with E-state index >= 15 is 0 Å². The van der Waals surface area contributed by atoms with Gasteiger partial charge in [-0.1, -0.05) is 60.7 Å². The van der Waals surface area contributed by atoms with Crippen LogP contribution in [0.2, 0.25) is 0 Å². The molecule has 0 aliphatic rings. The lowest BCUT2D eigenvalue weighted by molar-refractivity contribution is -0.124. The van der Waals surface area contributed by atoms with Crippen LogP contribution in [0.1, 0.15) is 37.5 Å². The summed E-state index contributed by atoms with van der Waals surface area (Å²) in [6.07, 6.45) is 0.823. The molecular formula is C29H31I2N3O5. The van der Waals surface area contributed by atoms with E-state index in [1.54, 1.807) is 27.0 Å². The van der Waals surface area contributed by atoms with E-state index in [0.29, 0.717) is 13.2 Å². The first-order valence-electron chi connectivity index (χ1n) is 12.2. The zero-order chi connectivity index (χ0) is 28.3. The lowest BCUT2D eigenvalue weighted by atomic mass is 10.2. The summed E-state index contributed by atoms with van der Waals surface area (Å²) in [4.78, 5) is 25.2. The molecule has 0 aromatic heterocycles. The fraction of sp³-hybridized carbons (Fsp3) is 0.276. The summed E-state index contributed by atoms with van der Waals surface area (Å²) in [5, 5.41) is 6.67. The van der Waals surface area contributed by atoms with Gasteiger partial charge >= 0.3 is 6.09 Å². The summed E-state index contributed by atoms with van der Waals surface area (Å²) in [6, 6.07) is 22.3. The van der Waals surface area contributed by atoms with E-state index in [0.717, 1.165) is 29.6 Å². The average Bonchev–Trinajstić information content (AvgIpc) is 2.88. The van der Waals surface area contributed by atoms with Crippen LogP contribution in [0.25, 0.3) is 0 Å². The lowest BCUT2D eigenvalue weighted by Crippen LogP contribution is -2.49. The van der Waals surface area contributed by atoms with Crippen molar-refractivity contribution in [3.8, 4) is 5.75 Å². The van der Waals surface area contributed by atoms with Crippen LogP contribution >= 0.6 is 45.2 Å². The Balaban J connectivity index is 1.61. The van der Waals surface area contributed by atoms with Crippen molar-refractivity contribution in [1.82, 2.24) is 10.7 Å². The van der Waals surface area contributed by atoms with Crippen molar-refractivity contribution >= 4 is 63.4 Å². The minimum atomic E-state index is -1.00. The van der Waals surface area contributed by atoms with Crippen LogP contribution in [0, 0.1) is 7.14 Å². The number of nitrogens with zero attached hydrogens (tertiary/aromatic N) is 1. The van der Waals surface area contributed by atoms with Crippen LogP contribution in [0.15, 0.2) is 77.9 Å². The van der Waals surface area contributed by atoms with Gasteiger partial charge in [-0.2, -0.15) is 5.10 Å². The molecule has 3 rings (SSSR count). The van der Waals surface area contributed by atoms with Gasteiger partial charge in [0.15, 0.2) is 0 Å². The Morgan fingerprint density at radius 2 is 1.49 bits per heavy atom. The van der Waals surface area contributed by atoms with Crippen LogP contribution in [-0.4, -0.2) is 36.5 Å². The van der Waals surface area contributed by atoms with E-state index in [1.165, 1.54) is 0 Å². The van der Waals surface area contributed by atoms with Gasteiger partial charge < -0.3 is 19.5 Å². The van der Waals surface area contributed by atoms with E-state index in [2.05, 4.69) is 61.0 Å². The lowest BCUT2D eigenvalue weighted by Gasteiger charge is -2.22. The fourth-order valence-electron chi connectivity index (χ4n) is 3.27. The first-order chi connectivity index (χ1) is 18.6. The largest absolute Gasteiger partial charge is 0.487 e. The van der Waals surface area contributed by atoms with E-state index in [9.17, 15) is 9.59 Å². The number of nitrogens with one attached hydrogen (secondary N) is 2. The highest BCUT2D eigenvalue weighted by atomic mass is 127. The second kappa shape index (κ2) is 15.2. The number of carbonyl (C=O) groups is 2.